The molecular formula is C24H36N4O2. The summed E-state index contributed by atoms with van der Waals surface area (Å²) in [5.74, 6) is 0.478. The van der Waals surface area contributed by atoms with Crippen LogP contribution in [0.3, 0.4) is 0 Å². The zero-order valence-corrected chi connectivity index (χ0v) is 18.6. The van der Waals surface area contributed by atoms with E-state index in [4.69, 9.17) is 0 Å². The summed E-state index contributed by atoms with van der Waals surface area (Å²) in [5, 5.41) is 10.2. The third-order valence-electron chi connectivity index (χ3n) is 7.83. The zero-order valence-electron chi connectivity index (χ0n) is 18.6. The fraction of sp³-hybridized carbons (Fsp3) is 0.667. The SMILES string of the molecule is CCN(CC)CCCNC(=O)C1CC2CCC1(C)C[C@]21NC(=O)c2ccccc2N1. The molecule has 6 heteroatoms. The number of anilines is 1. The summed E-state index contributed by atoms with van der Waals surface area (Å²) in [7, 11) is 0. The molecule has 2 amide bonds. The highest BCUT2D eigenvalue weighted by Gasteiger charge is 2.60. The van der Waals surface area contributed by atoms with Crippen molar-refractivity contribution < 1.29 is 9.59 Å². The van der Waals surface area contributed by atoms with Crippen LogP contribution in [0.4, 0.5) is 5.69 Å². The normalized spacial score (nSPS) is 31.9. The molecule has 4 atom stereocenters. The molecular weight excluding hydrogens is 376 g/mol. The Hall–Kier alpha value is -2.08. The number of benzene rings is 1. The summed E-state index contributed by atoms with van der Waals surface area (Å²) < 4.78 is 0. The van der Waals surface area contributed by atoms with E-state index in [-0.39, 0.29) is 29.1 Å². The maximum absolute atomic E-state index is 13.1. The van der Waals surface area contributed by atoms with E-state index >= 15 is 0 Å². The second-order valence-corrected chi connectivity index (χ2v) is 9.62. The topological polar surface area (TPSA) is 73.5 Å². The molecule has 4 aliphatic rings. The van der Waals surface area contributed by atoms with Crippen LogP contribution in [0.25, 0.3) is 0 Å². The van der Waals surface area contributed by atoms with Crippen molar-refractivity contribution in [2.24, 2.45) is 17.3 Å². The molecule has 2 bridgehead atoms. The fourth-order valence-electron chi connectivity index (χ4n) is 6.03. The van der Waals surface area contributed by atoms with Gasteiger partial charge in [-0.25, -0.2) is 0 Å². The highest BCUT2D eigenvalue weighted by atomic mass is 16.2. The van der Waals surface area contributed by atoms with Gasteiger partial charge in [0.15, 0.2) is 0 Å². The highest BCUT2D eigenvalue weighted by molar-refractivity contribution is 6.02. The number of fused-ring (bicyclic) bond motifs is 3. The largest absolute Gasteiger partial charge is 0.362 e. The minimum absolute atomic E-state index is 0.00194. The Morgan fingerprint density at radius 1 is 1.23 bits per heavy atom. The van der Waals surface area contributed by atoms with Crippen LogP contribution < -0.4 is 16.0 Å². The van der Waals surface area contributed by atoms with Gasteiger partial charge in [0.25, 0.3) is 5.91 Å². The predicted octanol–water partition coefficient (Wildman–Crippen LogP) is 3.21. The number of hydrogen-bond acceptors (Lipinski definition) is 4. The lowest BCUT2D eigenvalue weighted by molar-refractivity contribution is -0.139. The van der Waals surface area contributed by atoms with Crippen LogP contribution in [0.15, 0.2) is 24.3 Å². The minimum atomic E-state index is -0.433. The predicted molar refractivity (Wildman–Crippen MR) is 119 cm³/mol. The summed E-state index contributed by atoms with van der Waals surface area (Å²) in [6.45, 7) is 10.4. The van der Waals surface area contributed by atoms with Gasteiger partial charge in [-0.05, 0) is 69.3 Å². The van der Waals surface area contributed by atoms with Gasteiger partial charge in [0.1, 0.15) is 5.66 Å². The molecule has 164 valence electrons. The van der Waals surface area contributed by atoms with Gasteiger partial charge in [0.2, 0.25) is 5.91 Å². The zero-order chi connectivity index (χ0) is 21.4. The molecule has 3 unspecified atom stereocenters. The summed E-state index contributed by atoms with van der Waals surface area (Å²) in [6.07, 6.45) is 4.68. The lowest BCUT2D eigenvalue weighted by Crippen LogP contribution is -2.70. The van der Waals surface area contributed by atoms with Crippen molar-refractivity contribution in [2.75, 3.05) is 31.5 Å². The molecule has 0 saturated heterocycles. The summed E-state index contributed by atoms with van der Waals surface area (Å²) in [5.41, 5.74) is 1.08. The van der Waals surface area contributed by atoms with E-state index in [1.807, 2.05) is 24.3 Å². The molecule has 1 spiro atoms. The smallest absolute Gasteiger partial charge is 0.255 e. The van der Waals surface area contributed by atoms with Crippen LogP contribution in [0.5, 0.6) is 0 Å². The first-order valence-corrected chi connectivity index (χ1v) is 11.6. The van der Waals surface area contributed by atoms with E-state index in [0.29, 0.717) is 5.56 Å². The minimum Gasteiger partial charge on any atom is -0.362 e. The maximum atomic E-state index is 13.1. The van der Waals surface area contributed by atoms with E-state index in [2.05, 4.69) is 41.6 Å². The standard InChI is InChI=1S/C24H36N4O2/c1-4-28(5-2)14-8-13-25-22(30)19-15-17-11-12-23(19,3)16-24(17)26-20-10-7-6-9-18(20)21(29)27-24/h6-7,9-10,17,19,26H,4-5,8,11-16H2,1-3H3,(H,25,30)(H,27,29)/t17?,19?,23?,24-/m0/s1. The van der Waals surface area contributed by atoms with Crippen molar-refractivity contribution in [2.45, 2.75) is 58.5 Å². The number of carbonyl (C=O) groups is 2. The molecule has 30 heavy (non-hydrogen) atoms. The number of nitrogens with zero attached hydrogens (tertiary/aromatic N) is 1. The number of hydrogen-bond donors (Lipinski definition) is 3. The Morgan fingerprint density at radius 2 is 2.00 bits per heavy atom. The monoisotopic (exact) mass is 412 g/mol. The lowest BCUT2D eigenvalue weighted by atomic mass is 9.51. The van der Waals surface area contributed by atoms with Crippen molar-refractivity contribution in [1.82, 2.24) is 15.5 Å². The quantitative estimate of drug-likeness (QED) is 0.601. The second-order valence-electron chi connectivity index (χ2n) is 9.62. The Labute approximate surface area is 180 Å². The Kier molecular flexibility index (Phi) is 5.80. The summed E-state index contributed by atoms with van der Waals surface area (Å²) >= 11 is 0. The molecule has 5 rings (SSSR count). The van der Waals surface area contributed by atoms with Gasteiger partial charge < -0.3 is 20.9 Å². The van der Waals surface area contributed by atoms with Crippen LogP contribution in [0, 0.1) is 17.3 Å². The van der Waals surface area contributed by atoms with E-state index in [1.54, 1.807) is 0 Å². The van der Waals surface area contributed by atoms with Crippen LogP contribution >= 0.6 is 0 Å². The van der Waals surface area contributed by atoms with Crippen molar-refractivity contribution in [3.8, 4) is 0 Å². The van der Waals surface area contributed by atoms with Crippen molar-refractivity contribution >= 4 is 17.5 Å². The molecule has 1 heterocycles. The van der Waals surface area contributed by atoms with E-state index in [0.717, 1.165) is 64.0 Å². The molecule has 3 fully saturated rings. The molecule has 6 nitrogen and oxygen atoms in total. The van der Waals surface area contributed by atoms with Gasteiger partial charge in [0, 0.05) is 24.1 Å². The number of nitrogens with one attached hydrogen (secondary N) is 3. The first-order valence-electron chi connectivity index (χ1n) is 11.6. The molecule has 1 aromatic carbocycles. The van der Waals surface area contributed by atoms with E-state index < -0.39 is 5.66 Å². The van der Waals surface area contributed by atoms with Crippen molar-refractivity contribution in [3.63, 3.8) is 0 Å². The maximum Gasteiger partial charge on any atom is 0.255 e. The molecule has 0 aromatic heterocycles. The lowest BCUT2D eigenvalue weighted by Gasteiger charge is -2.60. The second kappa shape index (κ2) is 8.22. The van der Waals surface area contributed by atoms with Gasteiger partial charge >= 0.3 is 0 Å². The van der Waals surface area contributed by atoms with Crippen molar-refractivity contribution in [3.05, 3.63) is 29.8 Å². The van der Waals surface area contributed by atoms with Gasteiger partial charge in [0.05, 0.1) is 5.56 Å². The molecule has 3 saturated carbocycles. The highest BCUT2D eigenvalue weighted by Crippen LogP contribution is 2.58. The summed E-state index contributed by atoms with van der Waals surface area (Å²) in [6, 6.07) is 7.71. The Bertz CT molecular complexity index is 808. The van der Waals surface area contributed by atoms with E-state index in [1.165, 1.54) is 0 Å². The molecule has 1 aliphatic heterocycles. The average molecular weight is 413 g/mol. The number of carbonyl (C=O) groups excluding carboxylic acids is 2. The Balaban J connectivity index is 1.41. The third kappa shape index (κ3) is 3.70. The molecule has 0 radical (unpaired) electrons. The first kappa shape index (κ1) is 21.2. The summed E-state index contributed by atoms with van der Waals surface area (Å²) in [4.78, 5) is 28.3. The van der Waals surface area contributed by atoms with Crippen molar-refractivity contribution in [1.29, 1.82) is 0 Å². The third-order valence-corrected chi connectivity index (χ3v) is 7.83. The van der Waals surface area contributed by atoms with Crippen LogP contribution in [-0.4, -0.2) is 48.6 Å². The molecule has 1 aromatic rings. The Morgan fingerprint density at radius 3 is 2.73 bits per heavy atom. The van der Waals surface area contributed by atoms with Gasteiger partial charge in [-0.15, -0.1) is 0 Å². The van der Waals surface area contributed by atoms with Crippen LogP contribution in [-0.2, 0) is 4.79 Å². The number of para-hydroxylation sites is 1. The van der Waals surface area contributed by atoms with Gasteiger partial charge in [-0.2, -0.15) is 0 Å². The average Bonchev–Trinajstić information content (AvgIpc) is 2.73. The molecule has 3 N–H and O–H groups in total. The molecule has 3 aliphatic carbocycles. The van der Waals surface area contributed by atoms with Gasteiger partial charge in [-0.1, -0.05) is 32.9 Å². The van der Waals surface area contributed by atoms with E-state index in [9.17, 15) is 9.59 Å². The fourth-order valence-corrected chi connectivity index (χ4v) is 6.03. The van der Waals surface area contributed by atoms with Crippen LogP contribution in [0.2, 0.25) is 0 Å². The van der Waals surface area contributed by atoms with Gasteiger partial charge in [-0.3, -0.25) is 9.59 Å². The number of amides is 2. The first-order chi connectivity index (χ1) is 14.4. The number of rotatable bonds is 7. The van der Waals surface area contributed by atoms with Crippen LogP contribution in [0.1, 0.15) is 63.2 Å².